The Morgan fingerprint density at radius 2 is 1.76 bits per heavy atom. The molecule has 4 heteroatoms. The lowest BCUT2D eigenvalue weighted by molar-refractivity contribution is -0.116. The van der Waals surface area contributed by atoms with Crippen LogP contribution in [0.25, 0.3) is 0 Å². The fourth-order valence-corrected chi connectivity index (χ4v) is 2.12. The van der Waals surface area contributed by atoms with Crippen molar-refractivity contribution in [2.75, 3.05) is 10.6 Å². The first-order valence-corrected chi connectivity index (χ1v) is 7.24. The molecule has 1 atom stereocenters. The van der Waals surface area contributed by atoms with Gasteiger partial charge in [0.15, 0.2) is 0 Å². The van der Waals surface area contributed by atoms with E-state index in [0.29, 0.717) is 5.02 Å². The predicted octanol–water partition coefficient (Wildman–Crippen LogP) is 4.40. The zero-order chi connectivity index (χ0) is 15.4. The maximum atomic E-state index is 12.2. The summed E-state index contributed by atoms with van der Waals surface area (Å²) in [6.07, 6.45) is 0. The van der Waals surface area contributed by atoms with Crippen LogP contribution in [0.1, 0.15) is 18.1 Å². The lowest BCUT2D eigenvalue weighted by Gasteiger charge is -2.17. The molecule has 0 aliphatic rings. The van der Waals surface area contributed by atoms with Crippen molar-refractivity contribution < 1.29 is 4.79 Å². The van der Waals surface area contributed by atoms with E-state index in [1.54, 1.807) is 0 Å². The smallest absolute Gasteiger partial charge is 0.246 e. The molecule has 0 spiro atoms. The Bertz CT molecular complexity index is 638. The molecule has 0 heterocycles. The van der Waals surface area contributed by atoms with Crippen molar-refractivity contribution in [3.05, 3.63) is 58.6 Å². The van der Waals surface area contributed by atoms with E-state index in [9.17, 15) is 4.79 Å². The molecule has 2 aromatic rings. The summed E-state index contributed by atoms with van der Waals surface area (Å²) in [6.45, 7) is 5.76. The highest BCUT2D eigenvalue weighted by atomic mass is 35.5. The van der Waals surface area contributed by atoms with E-state index in [-0.39, 0.29) is 11.9 Å². The monoisotopic (exact) mass is 302 g/mol. The number of nitrogens with one attached hydrogen (secondary N) is 2. The Kier molecular flexibility index (Phi) is 4.86. The molecule has 0 unspecified atom stereocenters. The molecule has 2 N–H and O–H groups in total. The van der Waals surface area contributed by atoms with E-state index in [1.165, 1.54) is 0 Å². The second-order valence-corrected chi connectivity index (χ2v) is 5.54. The van der Waals surface area contributed by atoms with Crippen LogP contribution in [0.4, 0.5) is 11.4 Å². The standard InChI is InChI=1S/C17H19ClN2O/c1-11-7-9-14(10-8-11)20-17(21)13(3)19-16-6-4-5-15(18)12(16)2/h4-10,13,19H,1-3H3,(H,20,21)/t13-/m1/s1. The van der Waals surface area contributed by atoms with Gasteiger partial charge in [-0.1, -0.05) is 35.4 Å². The van der Waals surface area contributed by atoms with Crippen molar-refractivity contribution in [1.82, 2.24) is 0 Å². The largest absolute Gasteiger partial charge is 0.374 e. The van der Waals surface area contributed by atoms with Gasteiger partial charge in [0.05, 0.1) is 0 Å². The Morgan fingerprint density at radius 3 is 2.43 bits per heavy atom. The first kappa shape index (κ1) is 15.4. The van der Waals surface area contributed by atoms with Crippen LogP contribution in [0.3, 0.4) is 0 Å². The molecule has 0 saturated heterocycles. The summed E-state index contributed by atoms with van der Waals surface area (Å²) in [5.41, 5.74) is 3.76. The molecule has 0 aliphatic carbocycles. The molecule has 2 aromatic carbocycles. The van der Waals surface area contributed by atoms with Gasteiger partial charge in [0, 0.05) is 16.4 Å². The summed E-state index contributed by atoms with van der Waals surface area (Å²) in [7, 11) is 0. The molecule has 0 aromatic heterocycles. The summed E-state index contributed by atoms with van der Waals surface area (Å²) in [5, 5.41) is 6.76. The molecular formula is C17H19ClN2O. The zero-order valence-corrected chi connectivity index (χ0v) is 13.2. The number of carbonyl (C=O) groups excluding carboxylic acids is 1. The van der Waals surface area contributed by atoms with Gasteiger partial charge in [-0.3, -0.25) is 4.79 Å². The molecule has 0 radical (unpaired) electrons. The van der Waals surface area contributed by atoms with Gasteiger partial charge in [0.25, 0.3) is 0 Å². The van der Waals surface area contributed by atoms with Crippen LogP contribution in [0.5, 0.6) is 0 Å². The first-order chi connectivity index (χ1) is 9.97. The number of aryl methyl sites for hydroxylation is 1. The maximum absolute atomic E-state index is 12.2. The number of hydrogen-bond acceptors (Lipinski definition) is 2. The molecule has 0 bridgehead atoms. The Balaban J connectivity index is 2.02. The van der Waals surface area contributed by atoms with Gasteiger partial charge < -0.3 is 10.6 Å². The van der Waals surface area contributed by atoms with Gasteiger partial charge in [0.1, 0.15) is 6.04 Å². The summed E-state index contributed by atoms with van der Waals surface area (Å²) < 4.78 is 0. The van der Waals surface area contributed by atoms with Crippen LogP contribution in [-0.2, 0) is 4.79 Å². The van der Waals surface area contributed by atoms with Crippen LogP contribution in [0.15, 0.2) is 42.5 Å². The number of hydrogen-bond donors (Lipinski definition) is 2. The molecule has 110 valence electrons. The van der Waals surface area contributed by atoms with Crippen molar-refractivity contribution in [2.45, 2.75) is 26.8 Å². The minimum Gasteiger partial charge on any atom is -0.374 e. The quantitative estimate of drug-likeness (QED) is 0.879. The van der Waals surface area contributed by atoms with Crippen molar-refractivity contribution in [2.24, 2.45) is 0 Å². The highest BCUT2D eigenvalue weighted by molar-refractivity contribution is 6.31. The van der Waals surface area contributed by atoms with Crippen molar-refractivity contribution in [3.8, 4) is 0 Å². The SMILES string of the molecule is Cc1ccc(NC(=O)[C@@H](C)Nc2cccc(Cl)c2C)cc1. The number of anilines is 2. The van der Waals surface area contributed by atoms with Crippen LogP contribution in [0.2, 0.25) is 5.02 Å². The second-order valence-electron chi connectivity index (χ2n) is 5.13. The summed E-state index contributed by atoms with van der Waals surface area (Å²) >= 11 is 6.08. The second kappa shape index (κ2) is 6.64. The highest BCUT2D eigenvalue weighted by Gasteiger charge is 2.14. The maximum Gasteiger partial charge on any atom is 0.246 e. The number of rotatable bonds is 4. The van der Waals surface area contributed by atoms with Crippen LogP contribution < -0.4 is 10.6 Å². The molecule has 2 rings (SSSR count). The van der Waals surface area contributed by atoms with E-state index < -0.39 is 0 Å². The third-order valence-electron chi connectivity index (χ3n) is 3.35. The molecule has 0 aliphatic heterocycles. The number of halogens is 1. The molecule has 21 heavy (non-hydrogen) atoms. The lowest BCUT2D eigenvalue weighted by Crippen LogP contribution is -2.32. The molecular weight excluding hydrogens is 284 g/mol. The van der Waals surface area contributed by atoms with E-state index in [1.807, 2.05) is 63.2 Å². The average molecular weight is 303 g/mol. The van der Waals surface area contributed by atoms with Crippen LogP contribution in [0, 0.1) is 13.8 Å². The fraction of sp³-hybridized carbons (Fsp3) is 0.235. The fourth-order valence-electron chi connectivity index (χ4n) is 1.95. The van der Waals surface area contributed by atoms with E-state index in [4.69, 9.17) is 11.6 Å². The third kappa shape index (κ3) is 3.99. The molecule has 0 saturated carbocycles. The zero-order valence-electron chi connectivity index (χ0n) is 12.4. The van der Waals surface area contributed by atoms with Gasteiger partial charge in [0.2, 0.25) is 5.91 Å². The number of benzene rings is 2. The number of amides is 1. The lowest BCUT2D eigenvalue weighted by atomic mass is 10.1. The van der Waals surface area contributed by atoms with Crippen molar-refractivity contribution in [1.29, 1.82) is 0 Å². The van der Waals surface area contributed by atoms with Crippen LogP contribution in [-0.4, -0.2) is 11.9 Å². The van der Waals surface area contributed by atoms with Crippen LogP contribution >= 0.6 is 11.6 Å². The van der Waals surface area contributed by atoms with Gasteiger partial charge >= 0.3 is 0 Å². The summed E-state index contributed by atoms with van der Waals surface area (Å²) in [6, 6.07) is 13.0. The van der Waals surface area contributed by atoms with E-state index >= 15 is 0 Å². The Morgan fingerprint density at radius 1 is 1.10 bits per heavy atom. The topological polar surface area (TPSA) is 41.1 Å². The van der Waals surface area contributed by atoms with Gasteiger partial charge in [-0.25, -0.2) is 0 Å². The first-order valence-electron chi connectivity index (χ1n) is 6.86. The molecule has 3 nitrogen and oxygen atoms in total. The van der Waals surface area contributed by atoms with E-state index in [0.717, 1.165) is 22.5 Å². The average Bonchev–Trinajstić information content (AvgIpc) is 2.46. The molecule has 0 fully saturated rings. The third-order valence-corrected chi connectivity index (χ3v) is 3.76. The minimum absolute atomic E-state index is 0.0850. The summed E-state index contributed by atoms with van der Waals surface area (Å²) in [5.74, 6) is -0.0850. The molecule has 1 amide bonds. The van der Waals surface area contributed by atoms with Crippen molar-refractivity contribution in [3.63, 3.8) is 0 Å². The normalized spacial score (nSPS) is 11.8. The highest BCUT2D eigenvalue weighted by Crippen LogP contribution is 2.23. The Labute approximate surface area is 130 Å². The number of carbonyl (C=O) groups is 1. The van der Waals surface area contributed by atoms with E-state index in [2.05, 4.69) is 10.6 Å². The Hall–Kier alpha value is -2.00. The van der Waals surface area contributed by atoms with Gasteiger partial charge in [-0.15, -0.1) is 0 Å². The summed E-state index contributed by atoms with van der Waals surface area (Å²) in [4.78, 5) is 12.2. The predicted molar refractivity (Wildman–Crippen MR) is 89.1 cm³/mol. The van der Waals surface area contributed by atoms with Crippen molar-refractivity contribution >= 4 is 28.9 Å². The van der Waals surface area contributed by atoms with Gasteiger partial charge in [-0.2, -0.15) is 0 Å². The minimum atomic E-state index is -0.358. The van der Waals surface area contributed by atoms with Gasteiger partial charge in [-0.05, 0) is 50.6 Å².